The molecule has 104 valence electrons. The molecule has 1 aliphatic heterocycles. The molecule has 0 radical (unpaired) electrons. The normalized spacial score (nSPS) is 17.2. The first-order valence-electron chi connectivity index (χ1n) is 6.33. The largest absolute Gasteiger partial charge is 0.480 e. The third-order valence-electron chi connectivity index (χ3n) is 2.90. The summed E-state index contributed by atoms with van der Waals surface area (Å²) in [5.74, 6) is -0.852. The Kier molecular flexibility index (Phi) is 6.07. The lowest BCUT2D eigenvalue weighted by Crippen LogP contribution is -2.45. The van der Waals surface area contributed by atoms with Gasteiger partial charge in [0.15, 0.2) is 0 Å². The first kappa shape index (κ1) is 14.9. The molecule has 1 amide bonds. The van der Waals surface area contributed by atoms with E-state index in [-0.39, 0.29) is 18.6 Å². The number of carbonyl (C=O) groups is 2. The van der Waals surface area contributed by atoms with E-state index in [0.29, 0.717) is 38.5 Å². The predicted octanol–water partition coefficient (Wildman–Crippen LogP) is 0.0766. The molecule has 1 rings (SSSR count). The fourth-order valence-corrected chi connectivity index (χ4v) is 1.86. The molecule has 1 fully saturated rings. The van der Waals surface area contributed by atoms with Crippen molar-refractivity contribution in [2.75, 3.05) is 26.2 Å². The molecule has 18 heavy (non-hydrogen) atoms. The standard InChI is InChI=1S/C12H22N2O4/c1-9(2)13-7-11(15)14-5-3-10(4-6-14)18-8-12(16)17/h9-10,13H,3-8H2,1-2H3,(H,16,17). The Balaban J connectivity index is 2.22. The topological polar surface area (TPSA) is 78.9 Å². The van der Waals surface area contributed by atoms with Crippen LogP contribution in [-0.4, -0.2) is 60.3 Å². The Hall–Kier alpha value is -1.14. The molecule has 0 aromatic heterocycles. The van der Waals surface area contributed by atoms with Gasteiger partial charge in [0.05, 0.1) is 12.6 Å². The minimum absolute atomic E-state index is 0.0387. The van der Waals surface area contributed by atoms with Gasteiger partial charge in [0, 0.05) is 19.1 Å². The molecule has 6 heteroatoms. The molecule has 0 aromatic carbocycles. The molecular weight excluding hydrogens is 236 g/mol. The smallest absolute Gasteiger partial charge is 0.329 e. The summed E-state index contributed by atoms with van der Waals surface area (Å²) in [5, 5.41) is 11.6. The number of likely N-dealkylation sites (tertiary alicyclic amines) is 1. The van der Waals surface area contributed by atoms with E-state index in [4.69, 9.17) is 9.84 Å². The zero-order chi connectivity index (χ0) is 13.5. The van der Waals surface area contributed by atoms with Crippen molar-refractivity contribution in [3.8, 4) is 0 Å². The molecule has 2 N–H and O–H groups in total. The maximum atomic E-state index is 11.8. The van der Waals surface area contributed by atoms with Crippen LogP contribution in [0.5, 0.6) is 0 Å². The lowest BCUT2D eigenvalue weighted by atomic mass is 10.1. The lowest BCUT2D eigenvalue weighted by Gasteiger charge is -2.32. The Morgan fingerprint density at radius 1 is 1.39 bits per heavy atom. The van der Waals surface area contributed by atoms with E-state index in [9.17, 15) is 9.59 Å². The Morgan fingerprint density at radius 2 is 2.00 bits per heavy atom. The van der Waals surface area contributed by atoms with Crippen LogP contribution >= 0.6 is 0 Å². The van der Waals surface area contributed by atoms with E-state index in [2.05, 4.69) is 5.32 Å². The number of aliphatic carboxylic acids is 1. The van der Waals surface area contributed by atoms with Crippen LogP contribution < -0.4 is 5.32 Å². The zero-order valence-corrected chi connectivity index (χ0v) is 11.0. The average Bonchev–Trinajstić information content (AvgIpc) is 2.34. The van der Waals surface area contributed by atoms with E-state index >= 15 is 0 Å². The highest BCUT2D eigenvalue weighted by molar-refractivity contribution is 5.78. The van der Waals surface area contributed by atoms with Crippen molar-refractivity contribution >= 4 is 11.9 Å². The highest BCUT2D eigenvalue weighted by Gasteiger charge is 2.23. The maximum Gasteiger partial charge on any atom is 0.329 e. The van der Waals surface area contributed by atoms with Gasteiger partial charge in [0.1, 0.15) is 6.61 Å². The van der Waals surface area contributed by atoms with E-state index in [1.165, 1.54) is 0 Å². The van der Waals surface area contributed by atoms with Gasteiger partial charge >= 0.3 is 5.97 Å². The fraction of sp³-hybridized carbons (Fsp3) is 0.833. The van der Waals surface area contributed by atoms with Crippen LogP contribution in [-0.2, 0) is 14.3 Å². The van der Waals surface area contributed by atoms with Crippen molar-refractivity contribution in [3.05, 3.63) is 0 Å². The number of carbonyl (C=O) groups excluding carboxylic acids is 1. The predicted molar refractivity (Wildman–Crippen MR) is 66.3 cm³/mol. The molecule has 0 unspecified atom stereocenters. The van der Waals surface area contributed by atoms with Crippen LogP contribution in [0.25, 0.3) is 0 Å². The second-order valence-electron chi connectivity index (χ2n) is 4.82. The number of rotatable bonds is 6. The quantitative estimate of drug-likeness (QED) is 0.705. The Bertz CT molecular complexity index is 286. The Morgan fingerprint density at radius 3 is 2.50 bits per heavy atom. The van der Waals surface area contributed by atoms with Crippen molar-refractivity contribution in [1.82, 2.24) is 10.2 Å². The van der Waals surface area contributed by atoms with Gasteiger partial charge in [-0.05, 0) is 12.8 Å². The molecule has 0 saturated carbocycles. The molecular formula is C12H22N2O4. The molecule has 0 spiro atoms. The van der Waals surface area contributed by atoms with Gasteiger partial charge in [-0.2, -0.15) is 0 Å². The van der Waals surface area contributed by atoms with Crippen molar-refractivity contribution in [2.24, 2.45) is 0 Å². The first-order valence-corrected chi connectivity index (χ1v) is 6.33. The van der Waals surface area contributed by atoms with Crippen LogP contribution in [0.3, 0.4) is 0 Å². The molecule has 1 aliphatic rings. The number of ether oxygens (including phenoxy) is 1. The van der Waals surface area contributed by atoms with Gasteiger partial charge in [-0.15, -0.1) is 0 Å². The van der Waals surface area contributed by atoms with Crippen molar-refractivity contribution < 1.29 is 19.4 Å². The number of nitrogens with zero attached hydrogens (tertiary/aromatic N) is 1. The maximum absolute atomic E-state index is 11.8. The summed E-state index contributed by atoms with van der Waals surface area (Å²) in [4.78, 5) is 24.0. The third kappa shape index (κ3) is 5.46. The summed E-state index contributed by atoms with van der Waals surface area (Å²) in [6.45, 7) is 5.39. The minimum Gasteiger partial charge on any atom is -0.480 e. The van der Waals surface area contributed by atoms with Crippen LogP contribution in [0.1, 0.15) is 26.7 Å². The Labute approximate surface area is 107 Å². The van der Waals surface area contributed by atoms with Crippen LogP contribution in [0.2, 0.25) is 0 Å². The average molecular weight is 258 g/mol. The van der Waals surface area contributed by atoms with E-state index in [1.807, 2.05) is 13.8 Å². The van der Waals surface area contributed by atoms with Crippen LogP contribution in [0.4, 0.5) is 0 Å². The van der Waals surface area contributed by atoms with Gasteiger partial charge in [-0.1, -0.05) is 13.8 Å². The van der Waals surface area contributed by atoms with Crippen LogP contribution in [0, 0.1) is 0 Å². The molecule has 1 saturated heterocycles. The lowest BCUT2D eigenvalue weighted by molar-refractivity contribution is -0.146. The van der Waals surface area contributed by atoms with E-state index < -0.39 is 5.97 Å². The van der Waals surface area contributed by atoms with Crippen LogP contribution in [0.15, 0.2) is 0 Å². The van der Waals surface area contributed by atoms with Gasteiger partial charge in [0.25, 0.3) is 0 Å². The van der Waals surface area contributed by atoms with E-state index in [1.54, 1.807) is 4.90 Å². The number of carboxylic acid groups (broad SMARTS) is 1. The summed E-state index contributed by atoms with van der Waals surface area (Å²) in [5.41, 5.74) is 0. The number of nitrogens with one attached hydrogen (secondary N) is 1. The summed E-state index contributed by atoms with van der Waals surface area (Å²) in [7, 11) is 0. The number of hydrogen-bond acceptors (Lipinski definition) is 4. The molecule has 0 aromatic rings. The summed E-state index contributed by atoms with van der Waals surface area (Å²) >= 11 is 0. The summed E-state index contributed by atoms with van der Waals surface area (Å²) in [6, 6.07) is 0.297. The summed E-state index contributed by atoms with van der Waals surface area (Å²) in [6.07, 6.45) is 1.38. The second-order valence-corrected chi connectivity index (χ2v) is 4.82. The van der Waals surface area contributed by atoms with Gasteiger partial charge in [-0.25, -0.2) is 4.79 Å². The van der Waals surface area contributed by atoms with Gasteiger partial charge < -0.3 is 20.1 Å². The number of piperidine rings is 1. The minimum atomic E-state index is -0.949. The molecule has 0 atom stereocenters. The fourth-order valence-electron chi connectivity index (χ4n) is 1.86. The molecule has 6 nitrogen and oxygen atoms in total. The van der Waals surface area contributed by atoms with Crippen molar-refractivity contribution in [2.45, 2.75) is 38.8 Å². The summed E-state index contributed by atoms with van der Waals surface area (Å²) < 4.78 is 5.22. The first-order chi connectivity index (χ1) is 8.49. The van der Waals surface area contributed by atoms with Gasteiger partial charge in [0.2, 0.25) is 5.91 Å². The number of carboxylic acids is 1. The highest BCUT2D eigenvalue weighted by atomic mass is 16.5. The third-order valence-corrected chi connectivity index (χ3v) is 2.90. The SMILES string of the molecule is CC(C)NCC(=O)N1CCC(OCC(=O)O)CC1. The zero-order valence-electron chi connectivity index (χ0n) is 11.0. The second kappa shape index (κ2) is 7.33. The van der Waals surface area contributed by atoms with Gasteiger partial charge in [-0.3, -0.25) is 4.79 Å². The molecule has 0 bridgehead atoms. The van der Waals surface area contributed by atoms with Crippen molar-refractivity contribution in [3.63, 3.8) is 0 Å². The number of amides is 1. The molecule has 1 heterocycles. The van der Waals surface area contributed by atoms with Crippen molar-refractivity contribution in [1.29, 1.82) is 0 Å². The van der Waals surface area contributed by atoms with E-state index in [0.717, 1.165) is 0 Å². The number of hydrogen-bond donors (Lipinski definition) is 2. The highest BCUT2D eigenvalue weighted by Crippen LogP contribution is 2.13. The monoisotopic (exact) mass is 258 g/mol. The molecule has 0 aliphatic carbocycles.